The first-order valence-electron chi connectivity index (χ1n) is 6.31. The van der Waals surface area contributed by atoms with Crippen molar-refractivity contribution in [3.63, 3.8) is 0 Å². The van der Waals surface area contributed by atoms with Crippen LogP contribution in [-0.4, -0.2) is 11.5 Å². The van der Waals surface area contributed by atoms with Crippen molar-refractivity contribution in [3.05, 3.63) is 41.6 Å². The van der Waals surface area contributed by atoms with Crippen LogP contribution in [0.15, 0.2) is 30.3 Å². The molecule has 1 N–H and O–H groups in total. The van der Waals surface area contributed by atoms with Gasteiger partial charge in [0, 0.05) is 17.6 Å². The van der Waals surface area contributed by atoms with E-state index in [9.17, 15) is 0 Å². The highest BCUT2D eigenvalue weighted by molar-refractivity contribution is 5.82. The Balaban J connectivity index is 2.52. The second-order valence-electron chi connectivity index (χ2n) is 4.66. The average molecular weight is 228 g/mol. The molecule has 17 heavy (non-hydrogen) atoms. The highest BCUT2D eigenvalue weighted by atomic mass is 14.8. The Morgan fingerprint density at radius 1 is 1.24 bits per heavy atom. The molecule has 0 saturated heterocycles. The van der Waals surface area contributed by atoms with Crippen LogP contribution in [0.3, 0.4) is 0 Å². The normalized spacial score (nSPS) is 11.3. The predicted octanol–water partition coefficient (Wildman–Crippen LogP) is 3.47. The molecule has 0 aliphatic rings. The Bertz CT molecular complexity index is 503. The van der Waals surface area contributed by atoms with Gasteiger partial charge < -0.3 is 5.32 Å². The third-order valence-corrected chi connectivity index (χ3v) is 2.98. The Morgan fingerprint density at radius 2 is 2.00 bits per heavy atom. The van der Waals surface area contributed by atoms with Crippen LogP contribution < -0.4 is 5.32 Å². The minimum absolute atomic E-state index is 0.472. The number of nitrogens with zero attached hydrogens (tertiary/aromatic N) is 1. The standard InChI is InChI=1S/C15H20N2/c1-4-16-10-12-9-15(11(2)3)17-14-8-6-5-7-13(12)14/h5-9,11,16H,4,10H2,1-3H3. The average Bonchev–Trinajstić information content (AvgIpc) is 2.35. The lowest BCUT2D eigenvalue weighted by Gasteiger charge is -2.11. The zero-order valence-corrected chi connectivity index (χ0v) is 10.8. The zero-order valence-electron chi connectivity index (χ0n) is 10.8. The van der Waals surface area contributed by atoms with Crippen molar-refractivity contribution >= 4 is 10.9 Å². The molecule has 2 heteroatoms. The third kappa shape index (κ3) is 2.64. The fourth-order valence-electron chi connectivity index (χ4n) is 1.97. The molecule has 1 heterocycles. The lowest BCUT2D eigenvalue weighted by atomic mass is 10.0. The Morgan fingerprint density at radius 3 is 2.71 bits per heavy atom. The van der Waals surface area contributed by atoms with Crippen LogP contribution >= 0.6 is 0 Å². The van der Waals surface area contributed by atoms with E-state index in [1.807, 2.05) is 0 Å². The molecule has 2 aromatic rings. The molecule has 0 aliphatic carbocycles. The van der Waals surface area contributed by atoms with Crippen molar-refractivity contribution in [1.29, 1.82) is 0 Å². The molecule has 2 rings (SSSR count). The van der Waals surface area contributed by atoms with E-state index >= 15 is 0 Å². The van der Waals surface area contributed by atoms with E-state index in [4.69, 9.17) is 4.98 Å². The van der Waals surface area contributed by atoms with Crippen molar-refractivity contribution in [2.24, 2.45) is 0 Å². The van der Waals surface area contributed by atoms with Gasteiger partial charge in [0.1, 0.15) is 0 Å². The van der Waals surface area contributed by atoms with Gasteiger partial charge in [-0.2, -0.15) is 0 Å². The van der Waals surface area contributed by atoms with Gasteiger partial charge in [0.05, 0.1) is 5.52 Å². The fraction of sp³-hybridized carbons (Fsp3) is 0.400. The molecular weight excluding hydrogens is 208 g/mol. The first kappa shape index (κ1) is 12.1. The monoisotopic (exact) mass is 228 g/mol. The topological polar surface area (TPSA) is 24.9 Å². The van der Waals surface area contributed by atoms with Crippen molar-refractivity contribution < 1.29 is 0 Å². The highest BCUT2D eigenvalue weighted by Crippen LogP contribution is 2.22. The summed E-state index contributed by atoms with van der Waals surface area (Å²) in [6.07, 6.45) is 0. The Hall–Kier alpha value is -1.41. The van der Waals surface area contributed by atoms with Gasteiger partial charge in [-0.05, 0) is 30.2 Å². The summed E-state index contributed by atoms with van der Waals surface area (Å²) < 4.78 is 0. The minimum atomic E-state index is 0.472. The molecule has 0 unspecified atom stereocenters. The Labute approximate surface area is 103 Å². The molecule has 1 aromatic heterocycles. The van der Waals surface area contributed by atoms with E-state index < -0.39 is 0 Å². The number of pyridine rings is 1. The molecule has 0 spiro atoms. The summed E-state index contributed by atoms with van der Waals surface area (Å²) in [5, 5.41) is 4.66. The second-order valence-corrected chi connectivity index (χ2v) is 4.66. The van der Waals surface area contributed by atoms with Crippen molar-refractivity contribution in [2.45, 2.75) is 33.2 Å². The first-order valence-corrected chi connectivity index (χ1v) is 6.31. The molecule has 0 fully saturated rings. The SMILES string of the molecule is CCNCc1cc(C(C)C)nc2ccccc12. The van der Waals surface area contributed by atoms with Crippen molar-refractivity contribution in [2.75, 3.05) is 6.54 Å². The molecule has 2 nitrogen and oxygen atoms in total. The summed E-state index contributed by atoms with van der Waals surface area (Å²) in [5.74, 6) is 0.472. The smallest absolute Gasteiger partial charge is 0.0708 e. The largest absolute Gasteiger partial charge is 0.313 e. The van der Waals surface area contributed by atoms with E-state index in [0.717, 1.165) is 18.6 Å². The summed E-state index contributed by atoms with van der Waals surface area (Å²) in [7, 11) is 0. The predicted molar refractivity (Wildman–Crippen MR) is 73.2 cm³/mol. The van der Waals surface area contributed by atoms with Gasteiger partial charge in [-0.15, -0.1) is 0 Å². The molecule has 0 bridgehead atoms. The quantitative estimate of drug-likeness (QED) is 0.866. The van der Waals surface area contributed by atoms with Crippen LogP contribution in [0, 0.1) is 0 Å². The van der Waals surface area contributed by atoms with E-state index in [2.05, 4.69) is 56.4 Å². The molecule has 90 valence electrons. The molecule has 0 radical (unpaired) electrons. The minimum Gasteiger partial charge on any atom is -0.313 e. The van der Waals surface area contributed by atoms with Gasteiger partial charge in [0.15, 0.2) is 0 Å². The Kier molecular flexibility index (Phi) is 3.75. The molecule has 0 saturated carbocycles. The number of aromatic nitrogens is 1. The maximum atomic E-state index is 4.72. The lowest BCUT2D eigenvalue weighted by Crippen LogP contribution is -2.12. The maximum Gasteiger partial charge on any atom is 0.0708 e. The van der Waals surface area contributed by atoms with Gasteiger partial charge in [-0.1, -0.05) is 39.0 Å². The van der Waals surface area contributed by atoms with E-state index in [-0.39, 0.29) is 0 Å². The number of benzene rings is 1. The summed E-state index contributed by atoms with van der Waals surface area (Å²) in [6, 6.07) is 10.6. The van der Waals surface area contributed by atoms with Crippen LogP contribution in [-0.2, 0) is 6.54 Å². The van der Waals surface area contributed by atoms with Gasteiger partial charge >= 0.3 is 0 Å². The fourth-order valence-corrected chi connectivity index (χ4v) is 1.97. The number of fused-ring (bicyclic) bond motifs is 1. The number of hydrogen-bond donors (Lipinski definition) is 1. The highest BCUT2D eigenvalue weighted by Gasteiger charge is 2.07. The zero-order chi connectivity index (χ0) is 12.3. The molecule has 0 aliphatic heterocycles. The van der Waals surface area contributed by atoms with E-state index in [0.29, 0.717) is 5.92 Å². The van der Waals surface area contributed by atoms with Crippen LogP contribution in [0.4, 0.5) is 0 Å². The molecule has 1 aromatic carbocycles. The van der Waals surface area contributed by atoms with Crippen molar-refractivity contribution in [3.8, 4) is 0 Å². The maximum absolute atomic E-state index is 4.72. The number of hydrogen-bond acceptors (Lipinski definition) is 2. The second kappa shape index (κ2) is 5.28. The van der Waals surface area contributed by atoms with Gasteiger partial charge in [-0.3, -0.25) is 4.98 Å². The first-order chi connectivity index (χ1) is 8.22. The van der Waals surface area contributed by atoms with E-state index in [1.165, 1.54) is 16.6 Å². The summed E-state index contributed by atoms with van der Waals surface area (Å²) in [5.41, 5.74) is 3.63. The van der Waals surface area contributed by atoms with Gasteiger partial charge in [0.2, 0.25) is 0 Å². The number of para-hydroxylation sites is 1. The van der Waals surface area contributed by atoms with Crippen LogP contribution in [0.2, 0.25) is 0 Å². The number of rotatable bonds is 4. The summed E-state index contributed by atoms with van der Waals surface area (Å²) >= 11 is 0. The molecule has 0 atom stereocenters. The van der Waals surface area contributed by atoms with Crippen LogP contribution in [0.1, 0.15) is 37.9 Å². The summed E-state index contributed by atoms with van der Waals surface area (Å²) in [4.78, 5) is 4.72. The van der Waals surface area contributed by atoms with Gasteiger partial charge in [0.25, 0.3) is 0 Å². The van der Waals surface area contributed by atoms with Crippen LogP contribution in [0.5, 0.6) is 0 Å². The van der Waals surface area contributed by atoms with E-state index in [1.54, 1.807) is 0 Å². The molecule has 0 amide bonds. The number of nitrogens with one attached hydrogen (secondary N) is 1. The van der Waals surface area contributed by atoms with Crippen LogP contribution in [0.25, 0.3) is 10.9 Å². The molecular formula is C15H20N2. The summed E-state index contributed by atoms with van der Waals surface area (Å²) in [6.45, 7) is 8.42. The van der Waals surface area contributed by atoms with Crippen molar-refractivity contribution in [1.82, 2.24) is 10.3 Å². The lowest BCUT2D eigenvalue weighted by molar-refractivity contribution is 0.726. The van der Waals surface area contributed by atoms with Gasteiger partial charge in [-0.25, -0.2) is 0 Å². The third-order valence-electron chi connectivity index (χ3n) is 2.98.